The van der Waals surface area contributed by atoms with E-state index >= 15 is 0 Å². The number of fused-ring (bicyclic) bond motifs is 1. The summed E-state index contributed by atoms with van der Waals surface area (Å²) in [6, 6.07) is 8.67. The summed E-state index contributed by atoms with van der Waals surface area (Å²) in [7, 11) is 1.56. The smallest absolute Gasteiger partial charge is 0.320 e. The number of methoxy groups -OCH3 is 1. The highest BCUT2D eigenvalue weighted by Crippen LogP contribution is 2.27. The van der Waals surface area contributed by atoms with E-state index in [0.29, 0.717) is 30.3 Å². The van der Waals surface area contributed by atoms with E-state index in [1.54, 1.807) is 7.11 Å². The second-order valence-electron chi connectivity index (χ2n) is 6.89. The van der Waals surface area contributed by atoms with E-state index in [-0.39, 0.29) is 24.4 Å². The molecule has 1 atom stereocenters. The first-order valence-corrected chi connectivity index (χ1v) is 9.63. The van der Waals surface area contributed by atoms with E-state index in [1.807, 2.05) is 35.8 Å². The van der Waals surface area contributed by atoms with E-state index in [4.69, 9.17) is 20.5 Å². The van der Waals surface area contributed by atoms with E-state index < -0.39 is 0 Å². The van der Waals surface area contributed by atoms with Gasteiger partial charge in [0.05, 0.1) is 26.9 Å². The summed E-state index contributed by atoms with van der Waals surface area (Å²) in [6.07, 6.45) is 1.93. The van der Waals surface area contributed by atoms with Gasteiger partial charge in [0.1, 0.15) is 0 Å². The van der Waals surface area contributed by atoms with Crippen molar-refractivity contribution in [1.29, 1.82) is 0 Å². The molecule has 1 unspecified atom stereocenters. The van der Waals surface area contributed by atoms with E-state index in [9.17, 15) is 0 Å². The van der Waals surface area contributed by atoms with Gasteiger partial charge < -0.3 is 15.2 Å². The van der Waals surface area contributed by atoms with Gasteiger partial charge >= 0.3 is 6.01 Å². The lowest BCUT2D eigenvalue weighted by atomic mass is 10.0. The SMILES string of the molecule is CCCCOc1nc(N)c2nc(OC)n(Cc3ccc(C(C)COO)cc3)c2n1. The molecule has 0 aliphatic carbocycles. The quantitative estimate of drug-likeness (QED) is 0.302. The lowest BCUT2D eigenvalue weighted by Gasteiger charge is -2.12. The largest absolute Gasteiger partial charge is 0.468 e. The van der Waals surface area contributed by atoms with Gasteiger partial charge in [-0.15, -0.1) is 0 Å². The third kappa shape index (κ3) is 4.75. The van der Waals surface area contributed by atoms with Crippen LogP contribution in [-0.2, 0) is 11.4 Å². The molecule has 3 N–H and O–H groups in total. The molecule has 0 saturated heterocycles. The second kappa shape index (κ2) is 9.53. The van der Waals surface area contributed by atoms with Crippen LogP contribution in [0.15, 0.2) is 24.3 Å². The van der Waals surface area contributed by atoms with Crippen LogP contribution in [0.2, 0.25) is 0 Å². The molecule has 0 fully saturated rings. The Morgan fingerprint density at radius 1 is 1.17 bits per heavy atom. The molecular formula is C20H27N5O4. The van der Waals surface area contributed by atoms with Crippen LogP contribution in [-0.4, -0.2) is 45.1 Å². The van der Waals surface area contributed by atoms with Crippen LogP contribution in [0.3, 0.4) is 0 Å². The average molecular weight is 401 g/mol. The zero-order valence-electron chi connectivity index (χ0n) is 17.0. The number of nitrogens with zero attached hydrogens (tertiary/aromatic N) is 4. The molecule has 156 valence electrons. The lowest BCUT2D eigenvalue weighted by molar-refractivity contribution is -0.245. The van der Waals surface area contributed by atoms with Crippen LogP contribution in [0.5, 0.6) is 12.0 Å². The van der Waals surface area contributed by atoms with Gasteiger partial charge in [0, 0.05) is 5.92 Å². The molecule has 0 aliphatic heterocycles. The zero-order valence-corrected chi connectivity index (χ0v) is 17.0. The Labute approximate surface area is 169 Å². The summed E-state index contributed by atoms with van der Waals surface area (Å²) in [5.41, 5.74) is 9.23. The van der Waals surface area contributed by atoms with Crippen molar-refractivity contribution in [3.05, 3.63) is 35.4 Å². The summed E-state index contributed by atoms with van der Waals surface area (Å²) in [4.78, 5) is 17.4. The van der Waals surface area contributed by atoms with Gasteiger partial charge in [0.25, 0.3) is 6.01 Å². The van der Waals surface area contributed by atoms with Crippen LogP contribution in [0, 0.1) is 0 Å². The van der Waals surface area contributed by atoms with Crippen LogP contribution < -0.4 is 15.2 Å². The number of rotatable bonds is 10. The van der Waals surface area contributed by atoms with E-state index in [0.717, 1.165) is 24.0 Å². The zero-order chi connectivity index (χ0) is 20.8. The standard InChI is InChI=1S/C20H27N5O4/c1-4-5-10-28-19-23-17(21)16-18(24-19)25(20(22-16)27-3)11-14-6-8-15(9-7-14)13(2)12-29-26/h6-9,13,26H,4-5,10-12H2,1-3H3,(H2,21,23,24). The second-order valence-corrected chi connectivity index (χ2v) is 6.89. The normalized spacial score (nSPS) is 12.3. The highest BCUT2D eigenvalue weighted by atomic mass is 17.1. The Balaban J connectivity index is 1.91. The number of aromatic nitrogens is 4. The van der Waals surface area contributed by atoms with Crippen LogP contribution in [0.1, 0.15) is 43.7 Å². The molecule has 9 heteroatoms. The molecule has 3 aromatic rings. The summed E-state index contributed by atoms with van der Waals surface area (Å²) < 4.78 is 12.9. The van der Waals surface area contributed by atoms with Crippen molar-refractivity contribution >= 4 is 17.0 Å². The Hall–Kier alpha value is -2.91. The predicted octanol–water partition coefficient (Wildman–Crippen LogP) is 3.24. The third-order valence-electron chi connectivity index (χ3n) is 4.69. The fourth-order valence-corrected chi connectivity index (χ4v) is 2.99. The van der Waals surface area contributed by atoms with Gasteiger partial charge in [-0.25, -0.2) is 4.89 Å². The molecule has 0 aliphatic rings. The predicted molar refractivity (Wildman–Crippen MR) is 109 cm³/mol. The molecule has 0 bridgehead atoms. The molecule has 9 nitrogen and oxygen atoms in total. The molecule has 0 radical (unpaired) electrons. The Morgan fingerprint density at radius 2 is 1.93 bits per heavy atom. The summed E-state index contributed by atoms with van der Waals surface area (Å²) >= 11 is 0. The Kier molecular flexibility index (Phi) is 6.84. The van der Waals surface area contributed by atoms with Crippen molar-refractivity contribution in [2.24, 2.45) is 0 Å². The summed E-state index contributed by atoms with van der Waals surface area (Å²) in [6.45, 7) is 5.35. The first-order valence-electron chi connectivity index (χ1n) is 9.63. The van der Waals surface area contributed by atoms with Crippen molar-refractivity contribution in [1.82, 2.24) is 19.5 Å². The fraction of sp³-hybridized carbons (Fsp3) is 0.450. The van der Waals surface area contributed by atoms with Crippen molar-refractivity contribution in [3.63, 3.8) is 0 Å². The molecule has 0 saturated carbocycles. The van der Waals surface area contributed by atoms with Gasteiger partial charge in [0.2, 0.25) is 0 Å². The van der Waals surface area contributed by atoms with Gasteiger partial charge in [-0.2, -0.15) is 15.0 Å². The number of nitrogens with two attached hydrogens (primary N) is 1. The van der Waals surface area contributed by atoms with Crippen molar-refractivity contribution < 1.29 is 19.6 Å². The fourth-order valence-electron chi connectivity index (χ4n) is 2.99. The summed E-state index contributed by atoms with van der Waals surface area (Å²) in [5.74, 6) is 0.347. The Bertz CT molecular complexity index is 942. The molecule has 2 heterocycles. The van der Waals surface area contributed by atoms with Gasteiger partial charge in [0.15, 0.2) is 17.0 Å². The molecule has 2 aromatic heterocycles. The minimum Gasteiger partial charge on any atom is -0.468 e. The topological polar surface area (TPSA) is 118 Å². The highest BCUT2D eigenvalue weighted by molar-refractivity contribution is 5.83. The number of nitrogen functional groups attached to an aromatic ring is 1. The van der Waals surface area contributed by atoms with E-state index in [2.05, 4.69) is 26.8 Å². The number of anilines is 1. The molecule has 1 aromatic carbocycles. The van der Waals surface area contributed by atoms with Gasteiger partial charge in [-0.1, -0.05) is 44.5 Å². The summed E-state index contributed by atoms with van der Waals surface area (Å²) in [5, 5.41) is 8.64. The highest BCUT2D eigenvalue weighted by Gasteiger charge is 2.18. The molecule has 0 amide bonds. The van der Waals surface area contributed by atoms with Crippen molar-refractivity contribution in [3.8, 4) is 12.0 Å². The molecule has 0 spiro atoms. The van der Waals surface area contributed by atoms with Gasteiger partial charge in [-0.3, -0.25) is 9.82 Å². The molecular weight excluding hydrogens is 374 g/mol. The maximum Gasteiger partial charge on any atom is 0.320 e. The number of imidazole rings is 1. The number of benzene rings is 1. The first-order chi connectivity index (χ1) is 14.1. The lowest BCUT2D eigenvalue weighted by Crippen LogP contribution is -2.07. The van der Waals surface area contributed by atoms with Crippen LogP contribution >= 0.6 is 0 Å². The number of unbranched alkanes of at least 4 members (excludes halogenated alkanes) is 1. The number of hydrogen-bond acceptors (Lipinski definition) is 8. The van der Waals surface area contributed by atoms with Crippen LogP contribution in [0.25, 0.3) is 11.2 Å². The first kappa shape index (κ1) is 20.8. The average Bonchev–Trinajstić information content (AvgIpc) is 3.07. The van der Waals surface area contributed by atoms with Gasteiger partial charge in [-0.05, 0) is 17.5 Å². The molecule has 29 heavy (non-hydrogen) atoms. The van der Waals surface area contributed by atoms with Crippen molar-refractivity contribution in [2.45, 2.75) is 39.2 Å². The monoisotopic (exact) mass is 401 g/mol. The van der Waals surface area contributed by atoms with Crippen LogP contribution in [0.4, 0.5) is 5.82 Å². The maximum atomic E-state index is 8.64. The third-order valence-corrected chi connectivity index (χ3v) is 4.69. The van der Waals surface area contributed by atoms with Crippen molar-refractivity contribution in [2.75, 3.05) is 26.1 Å². The maximum absolute atomic E-state index is 8.64. The number of hydrogen-bond donors (Lipinski definition) is 2. The minimum absolute atomic E-state index is 0.0908. The molecule has 3 rings (SSSR count). The van der Waals surface area contributed by atoms with E-state index in [1.165, 1.54) is 0 Å². The Morgan fingerprint density at radius 3 is 2.59 bits per heavy atom. The minimum atomic E-state index is 0.0908. The number of ether oxygens (including phenoxy) is 2.